The van der Waals surface area contributed by atoms with Crippen molar-refractivity contribution in [3.05, 3.63) is 75.1 Å². The standard InChI is InChI=1S/C25H23BrFN3O2S/c26-18-4-1-3-17(13-18)23(31)28-14-20-5-2-12-30(20)25(32)21-22(15-8-10-19(27)11-9-15)33-24(29-21)16-6-7-16/h1,3-4,8-11,13,16,20H,2,5-7,12,14H2,(H,28,31)/t20-/m0/s1. The molecule has 1 aliphatic carbocycles. The third-order valence-corrected chi connectivity index (χ3v) is 7.86. The lowest BCUT2D eigenvalue weighted by Crippen LogP contribution is -2.43. The fraction of sp³-hybridized carbons (Fsp3) is 0.320. The van der Waals surface area contributed by atoms with Crippen LogP contribution in [0, 0.1) is 5.82 Å². The third-order valence-electron chi connectivity index (χ3n) is 6.10. The lowest BCUT2D eigenvalue weighted by atomic mass is 10.1. The number of thiazole rings is 1. The molecule has 2 amide bonds. The van der Waals surface area contributed by atoms with Crippen molar-refractivity contribution >= 4 is 39.1 Å². The molecule has 1 saturated carbocycles. The molecule has 170 valence electrons. The summed E-state index contributed by atoms with van der Waals surface area (Å²) in [6.07, 6.45) is 3.90. The highest BCUT2D eigenvalue weighted by Gasteiger charge is 2.35. The van der Waals surface area contributed by atoms with Crippen LogP contribution in [0.15, 0.2) is 53.0 Å². The highest BCUT2D eigenvalue weighted by atomic mass is 79.9. The maximum Gasteiger partial charge on any atom is 0.274 e. The van der Waals surface area contributed by atoms with E-state index < -0.39 is 0 Å². The number of aromatic nitrogens is 1. The SMILES string of the molecule is O=C(NC[C@@H]1CCCN1C(=O)c1nc(C2CC2)sc1-c1ccc(F)cc1)c1cccc(Br)c1. The van der Waals surface area contributed by atoms with Crippen LogP contribution in [0.4, 0.5) is 4.39 Å². The Labute approximate surface area is 204 Å². The van der Waals surface area contributed by atoms with Gasteiger partial charge < -0.3 is 10.2 Å². The van der Waals surface area contributed by atoms with E-state index in [2.05, 4.69) is 21.2 Å². The number of likely N-dealkylation sites (tertiary alicyclic amines) is 1. The van der Waals surface area contributed by atoms with Crippen LogP contribution in [0.2, 0.25) is 0 Å². The minimum atomic E-state index is -0.306. The molecule has 5 nitrogen and oxygen atoms in total. The Bertz CT molecular complexity index is 1190. The number of halogens is 2. The lowest BCUT2D eigenvalue weighted by molar-refractivity contribution is 0.0721. The predicted molar refractivity (Wildman–Crippen MR) is 130 cm³/mol. The predicted octanol–water partition coefficient (Wildman–Crippen LogP) is 5.62. The number of carbonyl (C=O) groups excluding carboxylic acids is 2. The van der Waals surface area contributed by atoms with Crippen LogP contribution in [-0.4, -0.2) is 40.8 Å². The summed E-state index contributed by atoms with van der Waals surface area (Å²) in [6, 6.07) is 13.4. The molecule has 1 N–H and O–H groups in total. The molecule has 0 radical (unpaired) electrons. The zero-order valence-corrected chi connectivity index (χ0v) is 20.3. The fourth-order valence-corrected chi connectivity index (χ4v) is 5.81. The van der Waals surface area contributed by atoms with E-state index in [1.807, 2.05) is 17.0 Å². The van der Waals surface area contributed by atoms with Crippen molar-refractivity contribution in [3.63, 3.8) is 0 Å². The molecule has 1 saturated heterocycles. The molecule has 1 atom stereocenters. The van der Waals surface area contributed by atoms with E-state index >= 15 is 0 Å². The summed E-state index contributed by atoms with van der Waals surface area (Å²) in [5.41, 5.74) is 1.83. The Kier molecular flexibility index (Phi) is 6.29. The van der Waals surface area contributed by atoms with Gasteiger partial charge in [0.25, 0.3) is 11.8 Å². The van der Waals surface area contributed by atoms with Crippen molar-refractivity contribution < 1.29 is 14.0 Å². The van der Waals surface area contributed by atoms with Gasteiger partial charge in [0.2, 0.25) is 0 Å². The molecule has 3 aromatic rings. The van der Waals surface area contributed by atoms with Gasteiger partial charge in [0.15, 0.2) is 0 Å². The monoisotopic (exact) mass is 527 g/mol. The second kappa shape index (κ2) is 9.35. The van der Waals surface area contributed by atoms with Gasteiger partial charge in [0, 0.05) is 35.1 Å². The Morgan fingerprint density at radius 1 is 1.15 bits per heavy atom. The molecule has 2 fully saturated rings. The zero-order valence-electron chi connectivity index (χ0n) is 17.9. The average molecular weight is 528 g/mol. The summed E-state index contributed by atoms with van der Waals surface area (Å²) in [7, 11) is 0. The molecule has 0 spiro atoms. The molecule has 33 heavy (non-hydrogen) atoms. The van der Waals surface area contributed by atoms with Gasteiger partial charge in [-0.25, -0.2) is 9.37 Å². The quantitative estimate of drug-likeness (QED) is 0.452. The number of carbonyl (C=O) groups is 2. The van der Waals surface area contributed by atoms with Crippen molar-refractivity contribution in [2.24, 2.45) is 0 Å². The van der Waals surface area contributed by atoms with Crippen molar-refractivity contribution in [1.29, 1.82) is 0 Å². The Hall–Kier alpha value is -2.58. The molecule has 2 aromatic carbocycles. The number of nitrogens with one attached hydrogen (secondary N) is 1. The first-order valence-electron chi connectivity index (χ1n) is 11.1. The molecule has 0 unspecified atom stereocenters. The lowest BCUT2D eigenvalue weighted by Gasteiger charge is -2.24. The Morgan fingerprint density at radius 3 is 2.67 bits per heavy atom. The van der Waals surface area contributed by atoms with Gasteiger partial charge in [-0.15, -0.1) is 11.3 Å². The van der Waals surface area contributed by atoms with E-state index in [-0.39, 0.29) is 23.7 Å². The molecule has 5 rings (SSSR count). The molecule has 2 aliphatic rings. The minimum Gasteiger partial charge on any atom is -0.350 e. The van der Waals surface area contributed by atoms with E-state index in [4.69, 9.17) is 4.98 Å². The number of amides is 2. The van der Waals surface area contributed by atoms with Crippen LogP contribution in [0.5, 0.6) is 0 Å². The van der Waals surface area contributed by atoms with Crippen LogP contribution < -0.4 is 5.32 Å². The van der Waals surface area contributed by atoms with E-state index in [9.17, 15) is 14.0 Å². The Balaban J connectivity index is 1.35. The highest BCUT2D eigenvalue weighted by Crippen LogP contribution is 2.45. The molecule has 1 aliphatic heterocycles. The fourth-order valence-electron chi connectivity index (χ4n) is 4.18. The number of benzene rings is 2. The van der Waals surface area contributed by atoms with Gasteiger partial charge in [0.1, 0.15) is 11.5 Å². The summed E-state index contributed by atoms with van der Waals surface area (Å²) in [5, 5.41) is 3.96. The summed E-state index contributed by atoms with van der Waals surface area (Å²) in [5.74, 6) is -0.155. The average Bonchev–Trinajstić information content (AvgIpc) is 3.39. The van der Waals surface area contributed by atoms with Gasteiger partial charge in [-0.05, 0) is 61.6 Å². The Morgan fingerprint density at radius 2 is 1.94 bits per heavy atom. The summed E-state index contributed by atoms with van der Waals surface area (Å²) in [6.45, 7) is 1.03. The number of hydrogen-bond donors (Lipinski definition) is 1. The first-order valence-corrected chi connectivity index (χ1v) is 12.7. The number of nitrogens with zero attached hydrogens (tertiary/aromatic N) is 2. The molecular formula is C25H23BrFN3O2S. The minimum absolute atomic E-state index is 0.0826. The topological polar surface area (TPSA) is 62.3 Å². The van der Waals surface area contributed by atoms with Gasteiger partial charge in [-0.2, -0.15) is 0 Å². The van der Waals surface area contributed by atoms with Crippen molar-refractivity contribution in [2.45, 2.75) is 37.6 Å². The van der Waals surface area contributed by atoms with Crippen molar-refractivity contribution in [3.8, 4) is 10.4 Å². The van der Waals surface area contributed by atoms with Crippen LogP contribution >= 0.6 is 27.3 Å². The van der Waals surface area contributed by atoms with E-state index in [0.717, 1.165) is 45.6 Å². The summed E-state index contributed by atoms with van der Waals surface area (Å²) in [4.78, 5) is 33.6. The van der Waals surface area contributed by atoms with Gasteiger partial charge in [-0.1, -0.05) is 34.1 Å². The first-order chi connectivity index (χ1) is 16.0. The van der Waals surface area contributed by atoms with Gasteiger partial charge in [0.05, 0.1) is 9.88 Å². The van der Waals surface area contributed by atoms with E-state index in [1.165, 1.54) is 23.5 Å². The zero-order chi connectivity index (χ0) is 22.9. The molecule has 8 heteroatoms. The second-order valence-electron chi connectivity index (χ2n) is 8.53. The maximum atomic E-state index is 13.6. The summed E-state index contributed by atoms with van der Waals surface area (Å²) >= 11 is 4.93. The summed E-state index contributed by atoms with van der Waals surface area (Å²) < 4.78 is 14.3. The van der Waals surface area contributed by atoms with E-state index in [1.54, 1.807) is 24.3 Å². The largest absolute Gasteiger partial charge is 0.350 e. The third kappa shape index (κ3) is 4.87. The first kappa shape index (κ1) is 22.2. The highest BCUT2D eigenvalue weighted by molar-refractivity contribution is 9.10. The molecule has 1 aromatic heterocycles. The second-order valence-corrected chi connectivity index (χ2v) is 10.5. The smallest absolute Gasteiger partial charge is 0.274 e. The molecule has 0 bridgehead atoms. The van der Waals surface area contributed by atoms with Crippen molar-refractivity contribution in [2.75, 3.05) is 13.1 Å². The normalized spacial score (nSPS) is 17.9. The van der Waals surface area contributed by atoms with Gasteiger partial charge >= 0.3 is 0 Å². The van der Waals surface area contributed by atoms with Crippen LogP contribution in [0.1, 0.15) is 57.5 Å². The molecular weight excluding hydrogens is 505 g/mol. The van der Waals surface area contributed by atoms with Crippen molar-refractivity contribution in [1.82, 2.24) is 15.2 Å². The van der Waals surface area contributed by atoms with Crippen LogP contribution in [-0.2, 0) is 0 Å². The van der Waals surface area contributed by atoms with E-state index in [0.29, 0.717) is 30.3 Å². The van der Waals surface area contributed by atoms with Gasteiger partial charge in [-0.3, -0.25) is 9.59 Å². The molecule has 2 heterocycles. The number of hydrogen-bond acceptors (Lipinski definition) is 4. The van der Waals surface area contributed by atoms with Crippen LogP contribution in [0.3, 0.4) is 0 Å². The number of rotatable bonds is 6. The van der Waals surface area contributed by atoms with Crippen LogP contribution in [0.25, 0.3) is 10.4 Å². The maximum absolute atomic E-state index is 13.6.